The maximum Gasteiger partial charge on any atom is 0.0355 e. The summed E-state index contributed by atoms with van der Waals surface area (Å²) in [5.74, 6) is 0. The van der Waals surface area contributed by atoms with Crippen molar-refractivity contribution < 1.29 is 0 Å². The number of rotatable bonds is 2. The highest BCUT2D eigenvalue weighted by Crippen LogP contribution is 2.08. The fraction of sp³-hybridized carbons (Fsp3) is 0.500. The van der Waals surface area contributed by atoms with Gasteiger partial charge in [-0.15, -0.1) is 11.8 Å². The van der Waals surface area contributed by atoms with Gasteiger partial charge in [0.1, 0.15) is 0 Å². The average molecular weight is 129 g/mol. The van der Waals surface area contributed by atoms with Crippen LogP contribution < -0.4 is 0 Å². The lowest BCUT2D eigenvalue weighted by atomic mass is 10.7. The lowest BCUT2D eigenvalue weighted by molar-refractivity contribution is 1.51. The predicted octanol–water partition coefficient (Wildman–Crippen LogP) is 2.30. The van der Waals surface area contributed by atoms with Crippen LogP contribution in [0.15, 0.2) is 16.1 Å². The Morgan fingerprint density at radius 3 is 2.62 bits per heavy atom. The maximum absolute atomic E-state index is 3.93. The summed E-state index contributed by atoms with van der Waals surface area (Å²) >= 11 is 1.71. The lowest BCUT2D eigenvalue weighted by Gasteiger charge is -1.86. The van der Waals surface area contributed by atoms with Crippen molar-refractivity contribution in [3.8, 4) is 0 Å². The first-order chi connectivity index (χ1) is 3.81. The van der Waals surface area contributed by atoms with Crippen LogP contribution in [0.1, 0.15) is 13.8 Å². The topological polar surface area (TPSA) is 12.4 Å². The van der Waals surface area contributed by atoms with Crippen molar-refractivity contribution in [1.29, 1.82) is 0 Å². The van der Waals surface area contributed by atoms with Crippen LogP contribution in [0, 0.1) is 0 Å². The smallest absolute Gasteiger partial charge is 0.0355 e. The molecule has 0 aromatic carbocycles. The van der Waals surface area contributed by atoms with E-state index in [1.807, 2.05) is 26.3 Å². The maximum atomic E-state index is 3.93. The summed E-state index contributed by atoms with van der Waals surface area (Å²) in [6.45, 7) is 3.95. The first kappa shape index (κ1) is 7.76. The van der Waals surface area contributed by atoms with Crippen LogP contribution in [0.3, 0.4) is 0 Å². The second kappa shape index (κ2) is 4.91. The molecule has 0 heterocycles. The van der Waals surface area contributed by atoms with Gasteiger partial charge in [0.2, 0.25) is 0 Å². The minimum atomic E-state index is 1.24. The summed E-state index contributed by atoms with van der Waals surface area (Å²) in [5.41, 5.74) is 0. The third-order valence-corrected chi connectivity index (χ3v) is 1.48. The molecule has 2 heteroatoms. The molecule has 0 atom stereocenters. The zero-order valence-electron chi connectivity index (χ0n) is 5.51. The highest BCUT2D eigenvalue weighted by Gasteiger charge is 1.76. The van der Waals surface area contributed by atoms with Crippen LogP contribution in [-0.2, 0) is 0 Å². The molecule has 0 unspecified atom stereocenters. The minimum Gasteiger partial charge on any atom is -0.269 e. The van der Waals surface area contributed by atoms with Gasteiger partial charge in [0, 0.05) is 12.4 Å². The Kier molecular flexibility index (Phi) is 4.76. The van der Waals surface area contributed by atoms with Crippen LogP contribution in [0.2, 0.25) is 0 Å². The van der Waals surface area contributed by atoms with Crippen LogP contribution in [-0.4, -0.2) is 12.5 Å². The molecule has 0 bridgehead atoms. The Morgan fingerprint density at radius 1 is 1.62 bits per heavy atom. The molecule has 0 rings (SSSR count). The summed E-state index contributed by atoms with van der Waals surface area (Å²) in [6.07, 6.45) is 5.67. The van der Waals surface area contributed by atoms with Crippen molar-refractivity contribution in [1.82, 2.24) is 0 Å². The van der Waals surface area contributed by atoms with Crippen molar-refractivity contribution in [2.45, 2.75) is 13.8 Å². The van der Waals surface area contributed by atoms with Crippen molar-refractivity contribution in [3.05, 3.63) is 11.1 Å². The molecule has 0 aromatic heterocycles. The fourth-order valence-electron chi connectivity index (χ4n) is 0.232. The predicted molar refractivity (Wildman–Crippen MR) is 41.4 cm³/mol. The third-order valence-electron chi connectivity index (χ3n) is 0.727. The molecule has 0 N–H and O–H groups in total. The van der Waals surface area contributed by atoms with E-state index in [0.29, 0.717) is 0 Å². The highest BCUT2D eigenvalue weighted by molar-refractivity contribution is 8.02. The monoisotopic (exact) mass is 129 g/mol. The van der Waals surface area contributed by atoms with E-state index in [1.54, 1.807) is 18.0 Å². The Morgan fingerprint density at radius 2 is 2.25 bits per heavy atom. The van der Waals surface area contributed by atoms with Gasteiger partial charge in [-0.1, -0.05) is 0 Å². The van der Waals surface area contributed by atoms with E-state index < -0.39 is 0 Å². The fourth-order valence-corrected chi connectivity index (χ4v) is 0.398. The van der Waals surface area contributed by atoms with Gasteiger partial charge in [-0.25, -0.2) is 0 Å². The molecular formula is C6H11NS. The average Bonchev–Trinajstić information content (AvgIpc) is 1.83. The molecule has 1 nitrogen and oxygen atoms in total. The SMILES string of the molecule is C/C=N/C=C(/C)SC. The summed E-state index contributed by atoms with van der Waals surface area (Å²) in [4.78, 5) is 5.17. The zero-order chi connectivity index (χ0) is 6.41. The number of nitrogens with zero attached hydrogens (tertiary/aromatic N) is 1. The van der Waals surface area contributed by atoms with Gasteiger partial charge >= 0.3 is 0 Å². The molecule has 0 spiro atoms. The Balaban J connectivity index is 3.57. The van der Waals surface area contributed by atoms with Crippen molar-refractivity contribution >= 4 is 18.0 Å². The number of allylic oxidation sites excluding steroid dienone is 1. The molecule has 0 amide bonds. The van der Waals surface area contributed by atoms with Gasteiger partial charge in [-0.3, -0.25) is 4.99 Å². The van der Waals surface area contributed by atoms with Gasteiger partial charge in [0.15, 0.2) is 0 Å². The van der Waals surface area contributed by atoms with Gasteiger partial charge < -0.3 is 0 Å². The largest absolute Gasteiger partial charge is 0.269 e. The summed E-state index contributed by atoms with van der Waals surface area (Å²) in [6, 6.07) is 0. The first-order valence-corrected chi connectivity index (χ1v) is 3.72. The van der Waals surface area contributed by atoms with Crippen LogP contribution in [0.5, 0.6) is 0 Å². The summed E-state index contributed by atoms with van der Waals surface area (Å²) < 4.78 is 0. The van der Waals surface area contributed by atoms with Crippen LogP contribution in [0.25, 0.3) is 0 Å². The van der Waals surface area contributed by atoms with Crippen LogP contribution in [0.4, 0.5) is 0 Å². The second-order valence-electron chi connectivity index (χ2n) is 1.35. The molecule has 0 aliphatic carbocycles. The molecule has 8 heavy (non-hydrogen) atoms. The van der Waals surface area contributed by atoms with E-state index in [0.717, 1.165) is 0 Å². The first-order valence-electron chi connectivity index (χ1n) is 2.49. The number of hydrogen-bond donors (Lipinski definition) is 0. The van der Waals surface area contributed by atoms with Gasteiger partial charge in [0.05, 0.1) is 0 Å². The zero-order valence-corrected chi connectivity index (χ0v) is 6.33. The molecule has 46 valence electrons. The number of hydrogen-bond acceptors (Lipinski definition) is 2. The molecule has 0 aliphatic heterocycles. The van der Waals surface area contributed by atoms with Gasteiger partial charge in [-0.2, -0.15) is 0 Å². The Bertz CT molecular complexity index is 105. The third kappa shape index (κ3) is 3.93. The standard InChI is InChI=1S/C6H11NS/c1-4-7-5-6(2)8-3/h4-5H,1-3H3/b6-5-,7-4+. The van der Waals surface area contributed by atoms with E-state index in [9.17, 15) is 0 Å². The summed E-state index contributed by atoms with van der Waals surface area (Å²) in [5, 5.41) is 0. The van der Waals surface area contributed by atoms with E-state index in [4.69, 9.17) is 0 Å². The van der Waals surface area contributed by atoms with E-state index in [-0.39, 0.29) is 0 Å². The molecular weight excluding hydrogens is 118 g/mol. The molecule has 0 aromatic rings. The van der Waals surface area contributed by atoms with Gasteiger partial charge in [0.25, 0.3) is 0 Å². The van der Waals surface area contributed by atoms with E-state index in [2.05, 4.69) is 4.99 Å². The molecule has 0 fully saturated rings. The molecule has 0 aliphatic rings. The Hall–Kier alpha value is -0.240. The molecule has 0 saturated carbocycles. The van der Waals surface area contributed by atoms with Crippen molar-refractivity contribution in [2.24, 2.45) is 4.99 Å². The van der Waals surface area contributed by atoms with Gasteiger partial charge in [-0.05, 0) is 25.0 Å². The van der Waals surface area contributed by atoms with E-state index in [1.165, 1.54) is 4.91 Å². The molecule has 0 radical (unpaired) electrons. The van der Waals surface area contributed by atoms with Crippen LogP contribution >= 0.6 is 11.8 Å². The number of thioether (sulfide) groups is 1. The second-order valence-corrected chi connectivity index (χ2v) is 2.40. The molecule has 0 saturated heterocycles. The Labute approximate surface area is 54.9 Å². The number of aliphatic imine (C=N–C) groups is 1. The summed E-state index contributed by atoms with van der Waals surface area (Å²) in [7, 11) is 0. The minimum absolute atomic E-state index is 1.24. The quantitative estimate of drug-likeness (QED) is 0.521. The lowest BCUT2D eigenvalue weighted by Crippen LogP contribution is -1.61. The van der Waals surface area contributed by atoms with E-state index >= 15 is 0 Å². The van der Waals surface area contributed by atoms with Crippen molar-refractivity contribution in [2.75, 3.05) is 6.26 Å². The van der Waals surface area contributed by atoms with Crippen molar-refractivity contribution in [3.63, 3.8) is 0 Å². The highest BCUT2D eigenvalue weighted by atomic mass is 32.2. The normalized spacial score (nSPS) is 13.1.